The molecule has 1 saturated carbocycles. The summed E-state index contributed by atoms with van der Waals surface area (Å²) in [7, 11) is 0. The molecule has 1 aliphatic carbocycles. The van der Waals surface area contributed by atoms with Crippen LogP contribution in [0.4, 0.5) is 0 Å². The quantitative estimate of drug-likeness (QED) is 0.689. The normalized spacial score (nSPS) is 26.9. The van der Waals surface area contributed by atoms with Gasteiger partial charge in [-0.15, -0.1) is 0 Å². The number of nitrogens with one attached hydrogen (secondary N) is 1. The summed E-state index contributed by atoms with van der Waals surface area (Å²) < 4.78 is 11.9. The third-order valence-electron chi connectivity index (χ3n) is 5.30. The summed E-state index contributed by atoms with van der Waals surface area (Å²) in [6, 6.07) is 0.610. The second kappa shape index (κ2) is 9.12. The zero-order valence-electron chi connectivity index (χ0n) is 14.2. The van der Waals surface area contributed by atoms with Gasteiger partial charge in [-0.3, -0.25) is 0 Å². The van der Waals surface area contributed by atoms with E-state index < -0.39 is 0 Å². The van der Waals surface area contributed by atoms with E-state index >= 15 is 0 Å². The molecule has 3 heteroatoms. The summed E-state index contributed by atoms with van der Waals surface area (Å²) in [5.74, 6) is 0.767. The van der Waals surface area contributed by atoms with E-state index in [1.165, 1.54) is 51.4 Å². The molecule has 0 aromatic rings. The molecule has 0 aromatic heterocycles. The van der Waals surface area contributed by atoms with Crippen molar-refractivity contribution >= 4 is 0 Å². The summed E-state index contributed by atoms with van der Waals surface area (Å²) in [5, 5.41) is 3.78. The van der Waals surface area contributed by atoms with E-state index in [0.717, 1.165) is 38.7 Å². The molecule has 1 saturated heterocycles. The maximum absolute atomic E-state index is 6.26. The standard InChI is InChI=1S/C18H35NO2/c1-3-12-19-17(9-13-20-4-2)16-8-14-21-18(15-16)10-6-5-7-11-18/h16-17,19H,3-15H2,1-2H3. The fourth-order valence-corrected chi connectivity index (χ4v) is 4.14. The minimum atomic E-state index is 0.221. The van der Waals surface area contributed by atoms with E-state index in [0.29, 0.717) is 6.04 Å². The molecule has 1 spiro atoms. The Kier molecular flexibility index (Phi) is 7.48. The molecule has 3 nitrogen and oxygen atoms in total. The molecule has 0 aromatic carbocycles. The highest BCUT2D eigenvalue weighted by Gasteiger charge is 2.40. The highest BCUT2D eigenvalue weighted by Crippen LogP contribution is 2.41. The van der Waals surface area contributed by atoms with Crippen molar-refractivity contribution in [1.82, 2.24) is 5.32 Å². The molecular weight excluding hydrogens is 262 g/mol. The van der Waals surface area contributed by atoms with Gasteiger partial charge in [0.25, 0.3) is 0 Å². The van der Waals surface area contributed by atoms with Gasteiger partial charge in [-0.2, -0.15) is 0 Å². The van der Waals surface area contributed by atoms with Crippen molar-refractivity contribution in [2.45, 2.75) is 83.3 Å². The molecule has 2 rings (SSSR count). The Balaban J connectivity index is 1.90. The number of ether oxygens (including phenoxy) is 2. The van der Waals surface area contributed by atoms with Gasteiger partial charge in [0.05, 0.1) is 5.60 Å². The Morgan fingerprint density at radius 1 is 1.24 bits per heavy atom. The van der Waals surface area contributed by atoms with Crippen molar-refractivity contribution in [3.05, 3.63) is 0 Å². The van der Waals surface area contributed by atoms with Crippen LogP contribution >= 0.6 is 0 Å². The molecule has 2 atom stereocenters. The molecule has 2 unspecified atom stereocenters. The smallest absolute Gasteiger partial charge is 0.0685 e. The minimum Gasteiger partial charge on any atom is -0.382 e. The Morgan fingerprint density at radius 2 is 2.05 bits per heavy atom. The summed E-state index contributed by atoms with van der Waals surface area (Å²) in [5.41, 5.74) is 0.221. The largest absolute Gasteiger partial charge is 0.382 e. The molecule has 1 N–H and O–H groups in total. The first-order chi connectivity index (χ1) is 10.3. The zero-order chi connectivity index (χ0) is 15.0. The molecule has 1 aliphatic heterocycles. The van der Waals surface area contributed by atoms with Crippen LogP contribution in [0.25, 0.3) is 0 Å². The van der Waals surface area contributed by atoms with Crippen LogP contribution < -0.4 is 5.32 Å². The Bertz CT molecular complexity index is 271. The minimum absolute atomic E-state index is 0.221. The van der Waals surface area contributed by atoms with Gasteiger partial charge in [0.15, 0.2) is 0 Å². The monoisotopic (exact) mass is 297 g/mol. The lowest BCUT2D eigenvalue weighted by Crippen LogP contribution is -2.48. The first-order valence-electron chi connectivity index (χ1n) is 9.25. The zero-order valence-corrected chi connectivity index (χ0v) is 14.2. The van der Waals surface area contributed by atoms with E-state index in [1.54, 1.807) is 0 Å². The fraction of sp³-hybridized carbons (Fsp3) is 1.00. The topological polar surface area (TPSA) is 30.5 Å². The summed E-state index contributed by atoms with van der Waals surface area (Å²) in [6.07, 6.45) is 11.5. The van der Waals surface area contributed by atoms with E-state index in [4.69, 9.17) is 9.47 Å². The van der Waals surface area contributed by atoms with Gasteiger partial charge in [0.2, 0.25) is 0 Å². The Hall–Kier alpha value is -0.120. The molecule has 0 amide bonds. The maximum atomic E-state index is 6.26. The summed E-state index contributed by atoms with van der Waals surface area (Å²) in [4.78, 5) is 0. The van der Waals surface area contributed by atoms with Crippen LogP contribution in [-0.4, -0.2) is 38.0 Å². The number of hydrogen-bond acceptors (Lipinski definition) is 3. The van der Waals surface area contributed by atoms with Gasteiger partial charge < -0.3 is 14.8 Å². The van der Waals surface area contributed by atoms with Gasteiger partial charge in [-0.25, -0.2) is 0 Å². The molecule has 0 radical (unpaired) electrons. The molecule has 1 heterocycles. The molecule has 21 heavy (non-hydrogen) atoms. The van der Waals surface area contributed by atoms with Crippen molar-refractivity contribution < 1.29 is 9.47 Å². The summed E-state index contributed by atoms with van der Waals surface area (Å²) in [6.45, 7) is 8.14. The van der Waals surface area contributed by atoms with Crippen molar-refractivity contribution in [1.29, 1.82) is 0 Å². The molecule has 2 fully saturated rings. The second-order valence-corrected chi connectivity index (χ2v) is 6.89. The number of rotatable bonds is 8. The van der Waals surface area contributed by atoms with E-state index in [-0.39, 0.29) is 5.60 Å². The van der Waals surface area contributed by atoms with Gasteiger partial charge in [-0.1, -0.05) is 26.2 Å². The fourth-order valence-electron chi connectivity index (χ4n) is 4.14. The lowest BCUT2D eigenvalue weighted by molar-refractivity contribution is -0.122. The molecule has 0 bridgehead atoms. The van der Waals surface area contributed by atoms with Crippen molar-refractivity contribution in [3.63, 3.8) is 0 Å². The highest BCUT2D eigenvalue weighted by atomic mass is 16.5. The third-order valence-corrected chi connectivity index (χ3v) is 5.30. The highest BCUT2D eigenvalue weighted by molar-refractivity contribution is 4.93. The Labute approximate surface area is 131 Å². The van der Waals surface area contributed by atoms with Gasteiger partial charge in [0.1, 0.15) is 0 Å². The first-order valence-corrected chi connectivity index (χ1v) is 9.25. The Morgan fingerprint density at radius 3 is 2.76 bits per heavy atom. The van der Waals surface area contributed by atoms with Gasteiger partial charge in [0, 0.05) is 25.9 Å². The van der Waals surface area contributed by atoms with Gasteiger partial charge in [-0.05, 0) is 57.9 Å². The van der Waals surface area contributed by atoms with Crippen LogP contribution in [0.15, 0.2) is 0 Å². The van der Waals surface area contributed by atoms with Crippen LogP contribution in [0.1, 0.15) is 71.6 Å². The number of hydrogen-bond donors (Lipinski definition) is 1. The van der Waals surface area contributed by atoms with Crippen molar-refractivity contribution in [3.8, 4) is 0 Å². The maximum Gasteiger partial charge on any atom is 0.0685 e. The van der Waals surface area contributed by atoms with Crippen molar-refractivity contribution in [2.75, 3.05) is 26.4 Å². The van der Waals surface area contributed by atoms with Crippen LogP contribution in [0.2, 0.25) is 0 Å². The average Bonchev–Trinajstić information content (AvgIpc) is 2.51. The van der Waals surface area contributed by atoms with Crippen LogP contribution in [0.5, 0.6) is 0 Å². The van der Waals surface area contributed by atoms with Crippen LogP contribution in [0, 0.1) is 5.92 Å². The summed E-state index contributed by atoms with van der Waals surface area (Å²) >= 11 is 0. The predicted octanol–water partition coefficient (Wildman–Crippen LogP) is 3.91. The third kappa shape index (κ3) is 5.22. The van der Waals surface area contributed by atoms with Crippen molar-refractivity contribution in [2.24, 2.45) is 5.92 Å². The molecular formula is C18H35NO2. The van der Waals surface area contributed by atoms with E-state index in [2.05, 4.69) is 19.2 Å². The van der Waals surface area contributed by atoms with Crippen LogP contribution in [0.3, 0.4) is 0 Å². The predicted molar refractivity (Wildman–Crippen MR) is 87.7 cm³/mol. The molecule has 2 aliphatic rings. The van der Waals surface area contributed by atoms with Crippen LogP contribution in [-0.2, 0) is 9.47 Å². The lowest BCUT2D eigenvalue weighted by atomic mass is 9.73. The second-order valence-electron chi connectivity index (χ2n) is 6.89. The molecule has 124 valence electrons. The SMILES string of the molecule is CCCNC(CCOCC)C1CCOC2(CCCCC2)C1. The van der Waals surface area contributed by atoms with E-state index in [1.807, 2.05) is 0 Å². The lowest BCUT2D eigenvalue weighted by Gasteiger charge is -2.45. The van der Waals surface area contributed by atoms with Gasteiger partial charge >= 0.3 is 0 Å². The van der Waals surface area contributed by atoms with E-state index in [9.17, 15) is 0 Å². The average molecular weight is 297 g/mol. The first kappa shape index (κ1) is 17.2.